The summed E-state index contributed by atoms with van der Waals surface area (Å²) in [4.78, 5) is 14.9. The van der Waals surface area contributed by atoms with E-state index in [0.717, 1.165) is 72.5 Å². The van der Waals surface area contributed by atoms with Gasteiger partial charge in [-0.3, -0.25) is 9.55 Å². The minimum absolute atomic E-state index is 0. The molecule has 0 unspecified atom stereocenters. The fourth-order valence-corrected chi connectivity index (χ4v) is 6.01. The molecule has 0 N–H and O–H groups in total. The predicted octanol–water partition coefficient (Wildman–Crippen LogP) is 9.10. The van der Waals surface area contributed by atoms with Gasteiger partial charge in [-0.2, -0.15) is 11.2 Å². The Bertz CT molecular complexity index is 2220. The number of pyridine rings is 2. The van der Waals surface area contributed by atoms with Crippen LogP contribution < -0.4 is 4.98 Å². The Hall–Kier alpha value is -4.79. The summed E-state index contributed by atoms with van der Waals surface area (Å²) in [6, 6.07) is 43.7. The molecule has 4 aromatic carbocycles. The monoisotopic (exact) mass is 733 g/mol. The van der Waals surface area contributed by atoms with Crippen LogP contribution in [0, 0.1) is 19.9 Å². The molecule has 0 atom stereocenters. The van der Waals surface area contributed by atoms with Gasteiger partial charge in [0, 0.05) is 22.7 Å². The van der Waals surface area contributed by atoms with Crippen LogP contribution in [0.4, 0.5) is 0 Å². The predicted molar refractivity (Wildman–Crippen MR) is 172 cm³/mol. The Labute approximate surface area is 264 Å². The summed E-state index contributed by atoms with van der Waals surface area (Å²) in [5.41, 5.74) is 11.4. The smallest absolute Gasteiger partial charge is 0.667 e. The average Bonchev–Trinajstić information content (AvgIpc) is 3.54. The van der Waals surface area contributed by atoms with E-state index in [2.05, 4.69) is 122 Å². The summed E-state index contributed by atoms with van der Waals surface area (Å²) in [5, 5.41) is 3.46. The fraction of sp³-hybridized carbons (Fsp3) is 0.0526. The molecule has 0 radical (unpaired) electrons. The van der Waals surface area contributed by atoms with Crippen molar-refractivity contribution in [1.29, 1.82) is 0 Å². The number of hydrogen-bond acceptors (Lipinski definition) is 2. The third-order valence-corrected chi connectivity index (χ3v) is 8.20. The van der Waals surface area contributed by atoms with Crippen molar-refractivity contribution in [2.75, 3.05) is 0 Å². The van der Waals surface area contributed by atoms with E-state index in [1.807, 2.05) is 24.4 Å². The molecular formula is C38H26N4Pt. The molecule has 0 saturated carbocycles. The number of rotatable bonds is 4. The summed E-state index contributed by atoms with van der Waals surface area (Å²) in [6.07, 6.45) is 1.84. The van der Waals surface area contributed by atoms with E-state index in [1.165, 1.54) is 10.9 Å². The van der Waals surface area contributed by atoms with Crippen molar-refractivity contribution in [3.8, 4) is 39.3 Å². The molecule has 8 aromatic rings. The van der Waals surface area contributed by atoms with Crippen LogP contribution in [0.5, 0.6) is 0 Å². The van der Waals surface area contributed by atoms with Crippen LogP contribution in [0.1, 0.15) is 11.3 Å². The number of aryl methyl sites for hydroxylation is 2. The second-order valence-corrected chi connectivity index (χ2v) is 10.7. The quantitative estimate of drug-likeness (QED) is 0.170. The molecule has 43 heavy (non-hydrogen) atoms. The molecule has 0 aliphatic carbocycles. The maximum absolute atomic E-state index is 5.21. The van der Waals surface area contributed by atoms with Crippen molar-refractivity contribution >= 4 is 32.8 Å². The first-order chi connectivity index (χ1) is 20.7. The number of nitrogens with zero attached hydrogens (tertiary/aromatic N) is 4. The number of benzene rings is 4. The van der Waals surface area contributed by atoms with Gasteiger partial charge in [-0.05, 0) is 42.1 Å². The molecule has 0 amide bonds. The van der Waals surface area contributed by atoms with E-state index in [0.29, 0.717) is 0 Å². The molecule has 4 nitrogen and oxygen atoms in total. The van der Waals surface area contributed by atoms with Gasteiger partial charge in [0.15, 0.2) is 0 Å². The largest absolute Gasteiger partial charge is 2.00 e. The Morgan fingerprint density at radius 3 is 2.30 bits per heavy atom. The summed E-state index contributed by atoms with van der Waals surface area (Å²) >= 11 is 0. The molecule has 0 aliphatic heterocycles. The third-order valence-electron chi connectivity index (χ3n) is 8.20. The number of para-hydroxylation sites is 2. The van der Waals surface area contributed by atoms with E-state index >= 15 is 0 Å². The van der Waals surface area contributed by atoms with E-state index < -0.39 is 0 Å². The maximum Gasteiger partial charge on any atom is 2.00 e. The van der Waals surface area contributed by atoms with E-state index in [1.54, 1.807) is 0 Å². The molecule has 8 rings (SSSR count). The number of aromatic nitrogens is 4. The van der Waals surface area contributed by atoms with Crippen molar-refractivity contribution in [3.05, 3.63) is 139 Å². The molecule has 208 valence electrons. The standard InChI is InChI=1S/C38H26N4.Pt/c1-24-25(2)40-37-30(24)14-8-15-31(37)28-21-27(26-11-4-3-5-12-26)22-29(23-28)34-17-9-19-36(41-34)42-35-18-7-6-13-32(35)33-16-10-20-39-38(33)42;/h3-22H,1-2H3;/q-2;+2. The van der Waals surface area contributed by atoms with E-state index in [4.69, 9.17) is 15.0 Å². The number of hydrogen-bond donors (Lipinski definition) is 0. The zero-order valence-corrected chi connectivity index (χ0v) is 25.9. The first-order valence-electron chi connectivity index (χ1n) is 14.1. The van der Waals surface area contributed by atoms with Crippen molar-refractivity contribution in [1.82, 2.24) is 19.5 Å². The molecule has 5 heteroatoms. The van der Waals surface area contributed by atoms with Crippen molar-refractivity contribution in [2.24, 2.45) is 0 Å². The first kappa shape index (κ1) is 27.1. The Morgan fingerprint density at radius 2 is 1.42 bits per heavy atom. The Kier molecular flexibility index (Phi) is 6.80. The van der Waals surface area contributed by atoms with Gasteiger partial charge >= 0.3 is 21.1 Å². The van der Waals surface area contributed by atoms with Crippen LogP contribution in [0.25, 0.3) is 72.2 Å². The zero-order chi connectivity index (χ0) is 28.2. The van der Waals surface area contributed by atoms with Crippen LogP contribution in [-0.2, 0) is 21.1 Å². The zero-order valence-electron chi connectivity index (χ0n) is 23.7. The van der Waals surface area contributed by atoms with E-state index in [-0.39, 0.29) is 21.1 Å². The topological polar surface area (TPSA) is 44.8 Å². The van der Waals surface area contributed by atoms with Crippen molar-refractivity contribution in [2.45, 2.75) is 13.8 Å². The number of fused-ring (bicyclic) bond motifs is 4. The molecule has 4 aromatic heterocycles. The molecule has 0 spiro atoms. The average molecular weight is 734 g/mol. The SMILES string of the molecule is Cc1[n-]c2c(-c3[c-]c(-c4cccc(-n5c6ccccc6c6cccnc65)n4)cc(-c4ccccc4)c3)cccc2c1C.[Pt+2]. The molecule has 0 bridgehead atoms. The Balaban J connectivity index is 0.00000300. The van der Waals surface area contributed by atoms with Gasteiger partial charge in [-0.1, -0.05) is 108 Å². The van der Waals surface area contributed by atoms with Gasteiger partial charge in [0.25, 0.3) is 0 Å². The summed E-state index contributed by atoms with van der Waals surface area (Å²) < 4.78 is 2.15. The second kappa shape index (κ2) is 10.8. The van der Waals surface area contributed by atoms with Gasteiger partial charge in [0.05, 0.1) is 5.52 Å². The van der Waals surface area contributed by atoms with Crippen LogP contribution in [-0.4, -0.2) is 14.5 Å². The second-order valence-electron chi connectivity index (χ2n) is 10.7. The summed E-state index contributed by atoms with van der Waals surface area (Å²) in [5.74, 6) is 0.823. The van der Waals surface area contributed by atoms with Crippen LogP contribution in [0.15, 0.2) is 121 Å². The maximum atomic E-state index is 5.21. The fourth-order valence-electron chi connectivity index (χ4n) is 6.01. The molecule has 0 saturated heterocycles. The van der Waals surface area contributed by atoms with E-state index in [9.17, 15) is 0 Å². The van der Waals surface area contributed by atoms with Gasteiger partial charge < -0.3 is 4.98 Å². The molecule has 0 aliphatic rings. The van der Waals surface area contributed by atoms with Gasteiger partial charge in [-0.15, -0.1) is 23.8 Å². The summed E-state index contributed by atoms with van der Waals surface area (Å²) in [6.45, 7) is 4.22. The first-order valence-corrected chi connectivity index (χ1v) is 14.1. The molecular weight excluding hydrogens is 708 g/mol. The normalized spacial score (nSPS) is 11.3. The van der Waals surface area contributed by atoms with Gasteiger partial charge in [-0.25, -0.2) is 4.98 Å². The van der Waals surface area contributed by atoms with Crippen LogP contribution in [0.2, 0.25) is 0 Å². The van der Waals surface area contributed by atoms with Crippen LogP contribution >= 0.6 is 0 Å². The minimum atomic E-state index is 0. The molecule has 0 fully saturated rings. The van der Waals surface area contributed by atoms with Gasteiger partial charge in [0.2, 0.25) is 0 Å². The Morgan fingerprint density at radius 1 is 0.674 bits per heavy atom. The van der Waals surface area contributed by atoms with Crippen LogP contribution in [0.3, 0.4) is 0 Å². The minimum Gasteiger partial charge on any atom is -0.667 e. The van der Waals surface area contributed by atoms with Gasteiger partial charge in [0.1, 0.15) is 11.5 Å². The van der Waals surface area contributed by atoms with Crippen molar-refractivity contribution in [3.63, 3.8) is 0 Å². The summed E-state index contributed by atoms with van der Waals surface area (Å²) in [7, 11) is 0. The molecule has 4 heterocycles. The third kappa shape index (κ3) is 4.50. The van der Waals surface area contributed by atoms with Crippen molar-refractivity contribution < 1.29 is 21.1 Å².